The molecule has 0 radical (unpaired) electrons. The summed E-state index contributed by atoms with van der Waals surface area (Å²) in [4.78, 5) is 21.4. The van der Waals surface area contributed by atoms with Crippen molar-refractivity contribution >= 4 is 52.4 Å². The Labute approximate surface area is 182 Å². The van der Waals surface area contributed by atoms with Gasteiger partial charge in [-0.1, -0.05) is 11.6 Å². The SMILES string of the molecule is CNc1cc(Cl)ccc1C(=N)c1cnc2c(n1)c(C(=O)NC(C)COC)cn2SF. The normalized spacial score (nSPS) is 12.0. The van der Waals surface area contributed by atoms with E-state index in [9.17, 15) is 8.68 Å². The average Bonchev–Trinajstić information content (AvgIpc) is 3.11. The number of carbonyl (C=O) groups is 1. The van der Waals surface area contributed by atoms with Gasteiger partial charge in [-0.25, -0.2) is 13.9 Å². The molecular weight excluding hydrogens is 431 g/mol. The third-order valence-electron chi connectivity index (χ3n) is 4.35. The maximum Gasteiger partial charge on any atom is 0.255 e. The number of rotatable bonds is 8. The van der Waals surface area contributed by atoms with E-state index in [1.807, 2.05) is 0 Å². The number of methoxy groups -OCH3 is 1. The van der Waals surface area contributed by atoms with Crippen molar-refractivity contribution in [1.82, 2.24) is 19.3 Å². The summed E-state index contributed by atoms with van der Waals surface area (Å²) in [6.45, 7) is 2.12. The van der Waals surface area contributed by atoms with E-state index in [4.69, 9.17) is 21.7 Å². The fourth-order valence-electron chi connectivity index (χ4n) is 2.98. The van der Waals surface area contributed by atoms with Gasteiger partial charge in [-0.3, -0.25) is 10.2 Å². The second kappa shape index (κ2) is 9.41. The Morgan fingerprint density at radius 2 is 2.20 bits per heavy atom. The summed E-state index contributed by atoms with van der Waals surface area (Å²) in [6.07, 6.45) is 2.71. The molecule has 0 bridgehead atoms. The van der Waals surface area contributed by atoms with Crippen LogP contribution in [-0.4, -0.2) is 52.4 Å². The van der Waals surface area contributed by atoms with E-state index < -0.39 is 5.91 Å². The molecule has 0 saturated carbocycles. The maximum absolute atomic E-state index is 13.4. The first-order valence-electron chi connectivity index (χ1n) is 8.93. The highest BCUT2D eigenvalue weighted by atomic mass is 35.5. The van der Waals surface area contributed by atoms with Gasteiger partial charge in [0, 0.05) is 42.7 Å². The molecule has 3 rings (SSSR count). The number of fused-ring (bicyclic) bond motifs is 1. The van der Waals surface area contributed by atoms with E-state index in [1.54, 1.807) is 32.2 Å². The number of anilines is 1. The lowest BCUT2D eigenvalue weighted by molar-refractivity contribution is 0.0907. The van der Waals surface area contributed by atoms with Crippen molar-refractivity contribution in [3.05, 3.63) is 52.4 Å². The van der Waals surface area contributed by atoms with Gasteiger partial charge in [0.15, 0.2) is 18.0 Å². The van der Waals surface area contributed by atoms with Crippen molar-refractivity contribution in [1.29, 1.82) is 5.41 Å². The molecule has 30 heavy (non-hydrogen) atoms. The number of aromatic nitrogens is 3. The first-order chi connectivity index (χ1) is 14.4. The number of hydrogen-bond donors (Lipinski definition) is 3. The van der Waals surface area contributed by atoms with Crippen LogP contribution in [0, 0.1) is 5.41 Å². The van der Waals surface area contributed by atoms with Crippen LogP contribution in [0.2, 0.25) is 5.02 Å². The molecule has 0 aliphatic carbocycles. The summed E-state index contributed by atoms with van der Waals surface area (Å²) in [6, 6.07) is 4.82. The van der Waals surface area contributed by atoms with Crippen LogP contribution in [0.3, 0.4) is 0 Å². The molecule has 1 atom stereocenters. The van der Waals surface area contributed by atoms with Gasteiger partial charge in [-0.2, -0.15) is 0 Å². The summed E-state index contributed by atoms with van der Waals surface area (Å²) < 4.78 is 19.5. The second-order valence-electron chi connectivity index (χ2n) is 6.51. The predicted octanol–water partition coefficient (Wildman–Crippen LogP) is 3.69. The molecule has 0 aliphatic heterocycles. The molecule has 11 heteroatoms. The fraction of sp³-hybridized carbons (Fsp3) is 0.263. The molecule has 0 saturated heterocycles. The fourth-order valence-corrected chi connectivity index (χ4v) is 3.49. The molecule has 8 nitrogen and oxygen atoms in total. The first-order valence-corrected chi connectivity index (χ1v) is 9.98. The zero-order chi connectivity index (χ0) is 21.8. The van der Waals surface area contributed by atoms with Crippen LogP contribution in [0.4, 0.5) is 9.57 Å². The Morgan fingerprint density at radius 1 is 1.43 bits per heavy atom. The van der Waals surface area contributed by atoms with Crippen LogP contribution in [0.5, 0.6) is 0 Å². The zero-order valence-corrected chi connectivity index (χ0v) is 18.1. The number of carbonyl (C=O) groups excluding carboxylic acids is 1. The number of nitrogens with one attached hydrogen (secondary N) is 3. The molecule has 2 heterocycles. The minimum Gasteiger partial charge on any atom is -0.388 e. The lowest BCUT2D eigenvalue weighted by atomic mass is 10.1. The highest BCUT2D eigenvalue weighted by molar-refractivity contribution is 7.92. The van der Waals surface area contributed by atoms with Gasteiger partial charge in [0.1, 0.15) is 11.2 Å². The van der Waals surface area contributed by atoms with Crippen molar-refractivity contribution in [3.63, 3.8) is 0 Å². The van der Waals surface area contributed by atoms with Gasteiger partial charge in [-0.15, -0.1) is 3.89 Å². The molecule has 1 unspecified atom stereocenters. The maximum atomic E-state index is 13.4. The molecule has 0 aliphatic rings. The van der Waals surface area contributed by atoms with Crippen molar-refractivity contribution < 1.29 is 13.4 Å². The lowest BCUT2D eigenvalue weighted by Gasteiger charge is -2.12. The lowest BCUT2D eigenvalue weighted by Crippen LogP contribution is -2.35. The third kappa shape index (κ3) is 4.40. The molecule has 0 fully saturated rings. The number of halogens is 2. The van der Waals surface area contributed by atoms with E-state index in [-0.39, 0.29) is 46.5 Å². The van der Waals surface area contributed by atoms with Gasteiger partial charge in [-0.05, 0) is 25.1 Å². The molecule has 3 N–H and O–H groups in total. The van der Waals surface area contributed by atoms with Crippen LogP contribution in [0.1, 0.15) is 28.5 Å². The van der Waals surface area contributed by atoms with E-state index in [0.717, 1.165) is 3.97 Å². The molecular formula is C19H20ClFN6O2S. The smallest absolute Gasteiger partial charge is 0.255 e. The van der Waals surface area contributed by atoms with Gasteiger partial charge in [0.05, 0.1) is 24.1 Å². The van der Waals surface area contributed by atoms with Crippen LogP contribution >= 0.6 is 23.9 Å². The van der Waals surface area contributed by atoms with Crippen molar-refractivity contribution in [3.8, 4) is 0 Å². The van der Waals surface area contributed by atoms with Crippen molar-refractivity contribution in [2.75, 3.05) is 26.1 Å². The minimum absolute atomic E-state index is 0.0849. The monoisotopic (exact) mass is 450 g/mol. The van der Waals surface area contributed by atoms with Crippen LogP contribution in [-0.2, 0) is 4.74 Å². The molecule has 3 aromatic rings. The minimum atomic E-state index is -0.433. The summed E-state index contributed by atoms with van der Waals surface area (Å²) in [7, 11) is 3.26. The van der Waals surface area contributed by atoms with Crippen LogP contribution < -0.4 is 10.6 Å². The number of hydrogen-bond acceptors (Lipinski definition) is 7. The summed E-state index contributed by atoms with van der Waals surface area (Å²) in [5.41, 5.74) is 2.09. The average molecular weight is 451 g/mol. The number of ether oxygens (including phenoxy) is 1. The molecule has 2 aromatic heterocycles. The van der Waals surface area contributed by atoms with E-state index in [0.29, 0.717) is 22.9 Å². The summed E-state index contributed by atoms with van der Waals surface area (Å²) >= 11 is 5.95. The summed E-state index contributed by atoms with van der Waals surface area (Å²) in [5, 5.41) is 14.9. The Morgan fingerprint density at radius 3 is 2.87 bits per heavy atom. The quantitative estimate of drug-likeness (QED) is 0.452. The van der Waals surface area contributed by atoms with Gasteiger partial charge in [0.25, 0.3) is 5.91 Å². The molecule has 0 spiro atoms. The number of benzene rings is 1. The predicted molar refractivity (Wildman–Crippen MR) is 117 cm³/mol. The van der Waals surface area contributed by atoms with Crippen molar-refractivity contribution in [2.45, 2.75) is 13.0 Å². The Bertz CT molecular complexity index is 1110. The third-order valence-corrected chi connectivity index (χ3v) is 5.02. The van der Waals surface area contributed by atoms with Gasteiger partial charge < -0.3 is 15.4 Å². The van der Waals surface area contributed by atoms with E-state index in [1.165, 1.54) is 19.5 Å². The van der Waals surface area contributed by atoms with E-state index >= 15 is 0 Å². The van der Waals surface area contributed by atoms with Crippen LogP contribution in [0.15, 0.2) is 30.6 Å². The highest BCUT2D eigenvalue weighted by Gasteiger charge is 2.21. The molecule has 1 amide bonds. The van der Waals surface area contributed by atoms with E-state index in [2.05, 4.69) is 20.6 Å². The second-order valence-corrected chi connectivity index (χ2v) is 7.48. The standard InChI is InChI=1S/C19H20ClFN6O2S/c1-10(9-29-3)25-19(28)13-8-27(30-21)18-17(13)26-15(7-24-18)16(22)12-5-4-11(20)6-14(12)23-2/h4-8,10,22-23H,9H2,1-3H3,(H,25,28). The Kier molecular flexibility index (Phi) is 6.91. The van der Waals surface area contributed by atoms with Gasteiger partial charge in [0.2, 0.25) is 0 Å². The van der Waals surface area contributed by atoms with Crippen molar-refractivity contribution in [2.24, 2.45) is 0 Å². The molecule has 158 valence electrons. The number of nitrogens with zero attached hydrogens (tertiary/aromatic N) is 3. The number of amides is 1. The Hall–Kier alpha value is -2.69. The Balaban J connectivity index is 2.04. The largest absolute Gasteiger partial charge is 0.388 e. The van der Waals surface area contributed by atoms with Crippen LogP contribution in [0.25, 0.3) is 11.2 Å². The van der Waals surface area contributed by atoms with Gasteiger partial charge >= 0.3 is 0 Å². The first kappa shape index (κ1) is 22.0. The summed E-state index contributed by atoms with van der Waals surface area (Å²) in [5.74, 6) is -0.433. The zero-order valence-electron chi connectivity index (χ0n) is 16.5. The molecule has 1 aromatic carbocycles. The highest BCUT2D eigenvalue weighted by Crippen LogP contribution is 2.26. The topological polar surface area (TPSA) is 105 Å².